The minimum Gasteiger partial charge on any atom is -0.399 e. The van der Waals surface area contributed by atoms with E-state index < -0.39 is 5.82 Å². The normalized spacial score (nSPS) is 12.2. The highest BCUT2D eigenvalue weighted by atomic mass is 19.1. The summed E-state index contributed by atoms with van der Waals surface area (Å²) in [6.07, 6.45) is 1.72. The molecule has 0 spiro atoms. The molecule has 1 aromatic rings. The molecule has 1 atom stereocenters. The van der Waals surface area contributed by atoms with E-state index in [1.807, 2.05) is 13.8 Å². The van der Waals surface area contributed by atoms with Crippen LogP contribution >= 0.6 is 0 Å². The van der Waals surface area contributed by atoms with Gasteiger partial charge in [0.05, 0.1) is 5.69 Å². The van der Waals surface area contributed by atoms with Gasteiger partial charge in [0.25, 0.3) is 0 Å². The van der Waals surface area contributed by atoms with Gasteiger partial charge in [0.15, 0.2) is 0 Å². The summed E-state index contributed by atoms with van der Waals surface area (Å²) < 4.78 is 13.4. The van der Waals surface area contributed by atoms with Crippen LogP contribution in [0.2, 0.25) is 0 Å². The summed E-state index contributed by atoms with van der Waals surface area (Å²) in [5.74, 6) is -0.774. The zero-order chi connectivity index (χ0) is 12.1. The van der Waals surface area contributed by atoms with Crippen molar-refractivity contribution in [2.75, 3.05) is 11.1 Å². The number of carbonyl (C=O) groups excluding carboxylic acids is 1. The van der Waals surface area contributed by atoms with Crippen LogP contribution in [0, 0.1) is 11.7 Å². The van der Waals surface area contributed by atoms with Gasteiger partial charge < -0.3 is 11.1 Å². The van der Waals surface area contributed by atoms with Gasteiger partial charge in [-0.3, -0.25) is 4.79 Å². The first-order valence-electron chi connectivity index (χ1n) is 5.40. The van der Waals surface area contributed by atoms with Gasteiger partial charge in [-0.15, -0.1) is 0 Å². The van der Waals surface area contributed by atoms with Crippen LogP contribution in [0.15, 0.2) is 18.2 Å². The van der Waals surface area contributed by atoms with E-state index in [4.69, 9.17) is 5.73 Å². The zero-order valence-corrected chi connectivity index (χ0v) is 9.59. The fourth-order valence-electron chi connectivity index (χ4n) is 1.45. The van der Waals surface area contributed by atoms with Crippen LogP contribution in [-0.2, 0) is 4.79 Å². The fourth-order valence-corrected chi connectivity index (χ4v) is 1.45. The Hall–Kier alpha value is -1.58. The number of nitrogens with two attached hydrogens (primary N) is 1. The first-order chi connectivity index (χ1) is 7.54. The molecule has 1 rings (SSSR count). The van der Waals surface area contributed by atoms with Crippen LogP contribution in [0.3, 0.4) is 0 Å². The lowest BCUT2D eigenvalue weighted by Gasteiger charge is -2.11. The van der Waals surface area contributed by atoms with Gasteiger partial charge in [0, 0.05) is 11.6 Å². The molecule has 4 heteroatoms. The highest BCUT2D eigenvalue weighted by molar-refractivity contribution is 5.92. The molecule has 1 amide bonds. The van der Waals surface area contributed by atoms with Crippen molar-refractivity contribution in [3.05, 3.63) is 24.0 Å². The van der Waals surface area contributed by atoms with E-state index in [2.05, 4.69) is 5.32 Å². The Morgan fingerprint density at radius 2 is 2.25 bits per heavy atom. The Bertz CT molecular complexity index is 379. The van der Waals surface area contributed by atoms with Crippen molar-refractivity contribution in [3.63, 3.8) is 0 Å². The largest absolute Gasteiger partial charge is 0.399 e. The van der Waals surface area contributed by atoms with E-state index in [1.54, 1.807) is 6.07 Å². The van der Waals surface area contributed by atoms with Crippen LogP contribution in [-0.4, -0.2) is 5.91 Å². The second kappa shape index (κ2) is 5.49. The highest BCUT2D eigenvalue weighted by Gasteiger charge is 2.13. The lowest BCUT2D eigenvalue weighted by atomic mass is 10.1. The van der Waals surface area contributed by atoms with Crippen molar-refractivity contribution >= 4 is 17.3 Å². The molecule has 16 heavy (non-hydrogen) atoms. The third-order valence-corrected chi connectivity index (χ3v) is 2.42. The quantitative estimate of drug-likeness (QED) is 0.773. The van der Waals surface area contributed by atoms with Gasteiger partial charge in [-0.25, -0.2) is 4.39 Å². The Balaban J connectivity index is 2.69. The summed E-state index contributed by atoms with van der Waals surface area (Å²) in [6.45, 7) is 3.83. The summed E-state index contributed by atoms with van der Waals surface area (Å²) in [4.78, 5) is 11.6. The maximum atomic E-state index is 13.4. The van der Waals surface area contributed by atoms with Gasteiger partial charge in [0.2, 0.25) is 5.91 Å². The van der Waals surface area contributed by atoms with E-state index in [0.717, 1.165) is 12.8 Å². The van der Waals surface area contributed by atoms with Crippen LogP contribution in [0.4, 0.5) is 15.8 Å². The number of nitrogens with one attached hydrogen (secondary N) is 1. The summed E-state index contributed by atoms with van der Waals surface area (Å²) in [7, 11) is 0. The predicted octanol–water partition coefficient (Wildman–Crippen LogP) is 2.78. The van der Waals surface area contributed by atoms with Gasteiger partial charge in [-0.05, 0) is 24.6 Å². The lowest BCUT2D eigenvalue weighted by molar-refractivity contribution is -0.119. The zero-order valence-electron chi connectivity index (χ0n) is 9.59. The highest BCUT2D eigenvalue weighted by Crippen LogP contribution is 2.18. The first-order valence-corrected chi connectivity index (χ1v) is 5.40. The van der Waals surface area contributed by atoms with Gasteiger partial charge >= 0.3 is 0 Å². The number of nitrogen functional groups attached to an aromatic ring is 1. The first kappa shape index (κ1) is 12.5. The van der Waals surface area contributed by atoms with Crippen molar-refractivity contribution in [2.24, 2.45) is 5.92 Å². The van der Waals surface area contributed by atoms with E-state index >= 15 is 0 Å². The molecule has 0 radical (unpaired) electrons. The Morgan fingerprint density at radius 3 is 2.81 bits per heavy atom. The third-order valence-electron chi connectivity index (χ3n) is 2.42. The van der Waals surface area contributed by atoms with E-state index in [-0.39, 0.29) is 17.5 Å². The predicted molar refractivity (Wildman–Crippen MR) is 63.5 cm³/mol. The number of hydrogen-bond donors (Lipinski definition) is 2. The third kappa shape index (κ3) is 3.22. The van der Waals surface area contributed by atoms with E-state index in [0.29, 0.717) is 5.69 Å². The maximum Gasteiger partial charge on any atom is 0.227 e. The summed E-state index contributed by atoms with van der Waals surface area (Å²) in [5.41, 5.74) is 5.94. The summed E-state index contributed by atoms with van der Waals surface area (Å²) in [5, 5.41) is 2.55. The van der Waals surface area contributed by atoms with Crippen LogP contribution < -0.4 is 11.1 Å². The molecule has 3 nitrogen and oxygen atoms in total. The molecule has 1 aromatic carbocycles. The number of amides is 1. The van der Waals surface area contributed by atoms with Crippen molar-refractivity contribution in [2.45, 2.75) is 26.7 Å². The molecule has 0 fully saturated rings. The number of carbonyl (C=O) groups is 1. The minimum atomic E-state index is -0.503. The molecule has 0 aliphatic carbocycles. The summed E-state index contributed by atoms with van der Waals surface area (Å²) in [6, 6.07) is 4.23. The van der Waals surface area contributed by atoms with Crippen molar-refractivity contribution < 1.29 is 9.18 Å². The van der Waals surface area contributed by atoms with Crippen molar-refractivity contribution in [1.82, 2.24) is 0 Å². The molecule has 0 saturated heterocycles. The molecule has 1 unspecified atom stereocenters. The molecule has 0 aromatic heterocycles. The standard InChI is InChI=1S/C12H17FN2O/c1-3-4-8(2)12(16)15-11-6-5-9(14)7-10(11)13/h5-8H,3-4,14H2,1-2H3,(H,15,16). The smallest absolute Gasteiger partial charge is 0.227 e. The molecule has 0 saturated carbocycles. The molecular weight excluding hydrogens is 207 g/mol. The fraction of sp³-hybridized carbons (Fsp3) is 0.417. The van der Waals surface area contributed by atoms with Crippen molar-refractivity contribution in [1.29, 1.82) is 0 Å². The van der Waals surface area contributed by atoms with Crippen molar-refractivity contribution in [3.8, 4) is 0 Å². The average molecular weight is 224 g/mol. The van der Waals surface area contributed by atoms with E-state index in [9.17, 15) is 9.18 Å². The molecule has 88 valence electrons. The van der Waals surface area contributed by atoms with Crippen LogP contribution in [0.25, 0.3) is 0 Å². The minimum absolute atomic E-state index is 0.109. The number of benzene rings is 1. The Labute approximate surface area is 94.8 Å². The molecule has 3 N–H and O–H groups in total. The molecule has 0 aliphatic rings. The second-order valence-corrected chi connectivity index (χ2v) is 3.92. The second-order valence-electron chi connectivity index (χ2n) is 3.92. The molecule has 0 aliphatic heterocycles. The Kier molecular flexibility index (Phi) is 4.28. The van der Waals surface area contributed by atoms with Gasteiger partial charge in [-0.1, -0.05) is 20.3 Å². The SMILES string of the molecule is CCCC(C)C(=O)Nc1ccc(N)cc1F. The lowest BCUT2D eigenvalue weighted by Crippen LogP contribution is -2.20. The van der Waals surface area contributed by atoms with Gasteiger partial charge in [0.1, 0.15) is 5.82 Å². The number of halogens is 1. The monoisotopic (exact) mass is 224 g/mol. The van der Waals surface area contributed by atoms with Crippen LogP contribution in [0.5, 0.6) is 0 Å². The van der Waals surface area contributed by atoms with E-state index in [1.165, 1.54) is 12.1 Å². The number of anilines is 2. The number of rotatable bonds is 4. The topological polar surface area (TPSA) is 55.1 Å². The Morgan fingerprint density at radius 1 is 1.56 bits per heavy atom. The molecular formula is C12H17FN2O. The summed E-state index contributed by atoms with van der Waals surface area (Å²) >= 11 is 0. The maximum absolute atomic E-state index is 13.4. The average Bonchev–Trinajstić information content (AvgIpc) is 2.22. The molecule has 0 heterocycles. The van der Waals surface area contributed by atoms with Gasteiger partial charge in [-0.2, -0.15) is 0 Å². The number of hydrogen-bond acceptors (Lipinski definition) is 2. The molecule has 0 bridgehead atoms. The van der Waals surface area contributed by atoms with Crippen LogP contribution in [0.1, 0.15) is 26.7 Å².